The Morgan fingerprint density at radius 2 is 1.86 bits per heavy atom. The fourth-order valence-electron chi connectivity index (χ4n) is 3.84. The molecule has 0 unspecified atom stereocenters. The van der Waals surface area contributed by atoms with Gasteiger partial charge in [-0.1, -0.05) is 18.2 Å². The van der Waals surface area contributed by atoms with Gasteiger partial charge in [-0.15, -0.1) is 0 Å². The number of nitrogens with zero attached hydrogens (tertiary/aromatic N) is 3. The summed E-state index contributed by atoms with van der Waals surface area (Å²) in [5.41, 5.74) is 10.5. The molecule has 4 rings (SSSR count). The van der Waals surface area contributed by atoms with E-state index in [9.17, 15) is 5.26 Å². The van der Waals surface area contributed by atoms with Gasteiger partial charge in [-0.25, -0.2) is 4.98 Å². The van der Waals surface area contributed by atoms with Crippen molar-refractivity contribution in [1.82, 2.24) is 14.5 Å². The SMILES string of the molecule is Cc1ccc2nc(C(C#N)=Cc3cc(C)n(-c4cccc(C)c4C)c3C)[nH]c2c1. The molecule has 0 aliphatic heterocycles. The van der Waals surface area contributed by atoms with Gasteiger partial charge in [-0.3, -0.25) is 0 Å². The molecule has 0 saturated heterocycles. The summed E-state index contributed by atoms with van der Waals surface area (Å²) in [6, 6.07) is 16.9. The van der Waals surface area contributed by atoms with E-state index in [-0.39, 0.29) is 0 Å². The van der Waals surface area contributed by atoms with Gasteiger partial charge in [0.05, 0.1) is 16.6 Å². The first-order valence-electron chi connectivity index (χ1n) is 9.73. The summed E-state index contributed by atoms with van der Waals surface area (Å²) in [5.74, 6) is 0.602. The Morgan fingerprint density at radius 3 is 2.62 bits per heavy atom. The first kappa shape index (κ1) is 18.8. The van der Waals surface area contributed by atoms with E-state index < -0.39 is 0 Å². The Kier molecular flexibility index (Phi) is 4.60. The summed E-state index contributed by atoms with van der Waals surface area (Å²) in [6.07, 6.45) is 1.93. The zero-order valence-electron chi connectivity index (χ0n) is 17.5. The van der Waals surface area contributed by atoms with Gasteiger partial charge in [0.2, 0.25) is 0 Å². The van der Waals surface area contributed by atoms with Crippen molar-refractivity contribution >= 4 is 22.7 Å². The molecule has 0 saturated carbocycles. The van der Waals surface area contributed by atoms with Crippen LogP contribution < -0.4 is 0 Å². The van der Waals surface area contributed by atoms with Crippen LogP contribution in [0.1, 0.15) is 39.5 Å². The molecule has 2 aromatic carbocycles. The van der Waals surface area contributed by atoms with Crippen molar-refractivity contribution in [3.8, 4) is 11.8 Å². The van der Waals surface area contributed by atoms with Gasteiger partial charge in [-0.05, 0) is 87.2 Å². The maximum atomic E-state index is 9.80. The zero-order valence-corrected chi connectivity index (χ0v) is 17.5. The Bertz CT molecular complexity index is 1310. The topological polar surface area (TPSA) is 57.4 Å². The molecule has 144 valence electrons. The molecule has 29 heavy (non-hydrogen) atoms. The van der Waals surface area contributed by atoms with Crippen molar-refractivity contribution in [2.75, 3.05) is 0 Å². The van der Waals surface area contributed by atoms with Gasteiger partial charge in [0, 0.05) is 17.1 Å². The molecule has 4 nitrogen and oxygen atoms in total. The number of hydrogen-bond donors (Lipinski definition) is 1. The average Bonchev–Trinajstić information content (AvgIpc) is 3.22. The lowest BCUT2D eigenvalue weighted by atomic mass is 10.1. The summed E-state index contributed by atoms with van der Waals surface area (Å²) in [6.45, 7) is 10.5. The van der Waals surface area contributed by atoms with Gasteiger partial charge < -0.3 is 9.55 Å². The van der Waals surface area contributed by atoms with Crippen molar-refractivity contribution in [2.24, 2.45) is 0 Å². The predicted octanol–water partition coefficient (Wildman–Crippen LogP) is 5.96. The normalized spacial score (nSPS) is 11.8. The van der Waals surface area contributed by atoms with E-state index in [1.54, 1.807) is 0 Å². The fraction of sp³-hybridized carbons (Fsp3) is 0.200. The number of nitriles is 1. The minimum absolute atomic E-state index is 0.528. The summed E-state index contributed by atoms with van der Waals surface area (Å²) in [7, 11) is 0. The molecule has 2 heterocycles. The maximum absolute atomic E-state index is 9.80. The summed E-state index contributed by atoms with van der Waals surface area (Å²) >= 11 is 0. The zero-order chi connectivity index (χ0) is 20.7. The van der Waals surface area contributed by atoms with Crippen LogP contribution in [-0.2, 0) is 0 Å². The maximum Gasteiger partial charge on any atom is 0.149 e. The third-order valence-corrected chi connectivity index (χ3v) is 5.60. The largest absolute Gasteiger partial charge is 0.337 e. The highest BCUT2D eigenvalue weighted by Crippen LogP contribution is 2.27. The Balaban J connectivity index is 1.82. The Hall–Kier alpha value is -3.58. The Labute approximate surface area is 171 Å². The second-order valence-electron chi connectivity index (χ2n) is 7.66. The quantitative estimate of drug-likeness (QED) is 0.446. The van der Waals surface area contributed by atoms with Gasteiger partial charge in [0.1, 0.15) is 11.9 Å². The fourth-order valence-corrected chi connectivity index (χ4v) is 3.84. The van der Waals surface area contributed by atoms with Gasteiger partial charge in [0.15, 0.2) is 0 Å². The minimum Gasteiger partial charge on any atom is -0.337 e. The van der Waals surface area contributed by atoms with E-state index in [2.05, 4.69) is 72.6 Å². The lowest BCUT2D eigenvalue weighted by Crippen LogP contribution is -2.02. The number of aromatic nitrogens is 3. The number of nitrogens with one attached hydrogen (secondary N) is 1. The standard InChI is InChI=1S/C25H24N4/c1-15-9-10-22-23(11-15)28-25(27-22)21(14-26)13-20-12-17(3)29(19(20)5)24-8-6-7-16(2)18(24)4/h6-13H,1-5H3,(H,27,28). The number of aromatic amines is 1. The van der Waals surface area contributed by atoms with Crippen LogP contribution in [0.3, 0.4) is 0 Å². The van der Waals surface area contributed by atoms with E-state index in [0.717, 1.165) is 33.5 Å². The van der Waals surface area contributed by atoms with Crippen LogP contribution in [0.15, 0.2) is 42.5 Å². The second kappa shape index (κ2) is 7.10. The highest BCUT2D eigenvalue weighted by atomic mass is 15.0. The molecular formula is C25H24N4. The van der Waals surface area contributed by atoms with Crippen molar-refractivity contribution < 1.29 is 0 Å². The molecule has 0 aliphatic rings. The van der Waals surface area contributed by atoms with Crippen LogP contribution in [0, 0.1) is 45.9 Å². The van der Waals surface area contributed by atoms with Crippen LogP contribution in [0.25, 0.3) is 28.4 Å². The van der Waals surface area contributed by atoms with Gasteiger partial charge >= 0.3 is 0 Å². The third-order valence-electron chi connectivity index (χ3n) is 5.60. The second-order valence-corrected chi connectivity index (χ2v) is 7.66. The highest BCUT2D eigenvalue weighted by Gasteiger charge is 2.14. The van der Waals surface area contributed by atoms with E-state index in [1.165, 1.54) is 16.8 Å². The number of allylic oxidation sites excluding steroid dienone is 1. The van der Waals surface area contributed by atoms with E-state index >= 15 is 0 Å². The first-order valence-corrected chi connectivity index (χ1v) is 9.73. The predicted molar refractivity (Wildman–Crippen MR) is 119 cm³/mol. The summed E-state index contributed by atoms with van der Waals surface area (Å²) in [5, 5.41) is 9.80. The lowest BCUT2D eigenvalue weighted by Gasteiger charge is -2.14. The number of fused-ring (bicyclic) bond motifs is 1. The third kappa shape index (κ3) is 3.25. The number of hydrogen-bond acceptors (Lipinski definition) is 2. The van der Waals surface area contributed by atoms with Crippen molar-refractivity contribution in [2.45, 2.75) is 34.6 Å². The monoisotopic (exact) mass is 380 g/mol. The molecule has 0 atom stereocenters. The summed E-state index contributed by atoms with van der Waals surface area (Å²) < 4.78 is 2.26. The smallest absolute Gasteiger partial charge is 0.149 e. The van der Waals surface area contributed by atoms with Crippen LogP contribution in [0.4, 0.5) is 0 Å². The molecule has 1 N–H and O–H groups in total. The molecule has 4 heteroatoms. The van der Waals surface area contributed by atoms with Crippen molar-refractivity contribution in [3.63, 3.8) is 0 Å². The first-order chi connectivity index (χ1) is 13.9. The molecule has 0 radical (unpaired) electrons. The molecule has 0 bridgehead atoms. The van der Waals surface area contributed by atoms with Crippen LogP contribution in [0.5, 0.6) is 0 Å². The van der Waals surface area contributed by atoms with Crippen molar-refractivity contribution in [1.29, 1.82) is 5.26 Å². The van der Waals surface area contributed by atoms with Crippen molar-refractivity contribution in [3.05, 3.63) is 81.9 Å². The molecule has 0 amide bonds. The number of rotatable bonds is 3. The summed E-state index contributed by atoms with van der Waals surface area (Å²) in [4.78, 5) is 7.90. The van der Waals surface area contributed by atoms with Gasteiger partial charge in [-0.2, -0.15) is 5.26 Å². The molecule has 0 aliphatic carbocycles. The van der Waals surface area contributed by atoms with Crippen LogP contribution in [-0.4, -0.2) is 14.5 Å². The molecule has 2 aromatic heterocycles. The number of H-pyrrole nitrogens is 1. The minimum atomic E-state index is 0.528. The average molecular weight is 380 g/mol. The van der Waals surface area contributed by atoms with E-state index in [0.29, 0.717) is 11.4 Å². The van der Waals surface area contributed by atoms with E-state index in [1.807, 2.05) is 31.2 Å². The highest BCUT2D eigenvalue weighted by molar-refractivity contribution is 5.91. The lowest BCUT2D eigenvalue weighted by molar-refractivity contribution is 0.950. The molecule has 0 fully saturated rings. The molecule has 0 spiro atoms. The molecule has 4 aromatic rings. The number of benzene rings is 2. The van der Waals surface area contributed by atoms with E-state index in [4.69, 9.17) is 0 Å². The number of imidazole rings is 1. The molecular weight excluding hydrogens is 356 g/mol. The van der Waals surface area contributed by atoms with Crippen LogP contribution >= 0.6 is 0 Å². The van der Waals surface area contributed by atoms with Crippen LogP contribution in [0.2, 0.25) is 0 Å². The number of aryl methyl sites for hydroxylation is 3. The van der Waals surface area contributed by atoms with Gasteiger partial charge in [0.25, 0.3) is 0 Å². The Morgan fingerprint density at radius 1 is 1.07 bits per heavy atom.